The average molecular weight is 717 g/mol. The molecule has 0 radical (unpaired) electrons. The van der Waals surface area contributed by atoms with E-state index in [1.807, 2.05) is 13.8 Å². The molecule has 0 heterocycles. The first-order valence-corrected chi connectivity index (χ1v) is 19.7. The molecule has 6 nitrogen and oxygen atoms in total. The average Bonchev–Trinajstić information content (AvgIpc) is 3.41. The van der Waals surface area contributed by atoms with Gasteiger partial charge in [-0.3, -0.25) is 9.59 Å². The lowest BCUT2D eigenvalue weighted by Gasteiger charge is -2.72. The SMILES string of the molecule is C=C(C)[C@@H]1CC[C@]2(C#Cc3cc(F)ccc3C(=O)O)CC[C@]3(C)C(CCC4[C@@]5(C)CC[C@H](OC(=O)CC(C)(C)CC(=O)O)C(C)(C)C5CC[C@]43C)C12. The minimum Gasteiger partial charge on any atom is -0.481 e. The van der Waals surface area contributed by atoms with E-state index in [4.69, 9.17) is 4.74 Å². The van der Waals surface area contributed by atoms with Gasteiger partial charge in [0.2, 0.25) is 0 Å². The monoisotopic (exact) mass is 716 g/mol. The molecular weight excluding hydrogens is 655 g/mol. The Morgan fingerprint density at radius 2 is 1.62 bits per heavy atom. The van der Waals surface area contributed by atoms with Gasteiger partial charge in [-0.15, -0.1) is 0 Å². The standard InChI is InChI=1S/C45H61FO6/c1-27(2)30-15-21-45(20-14-28-24-29(46)10-11-31(28)39(50)51)23-22-43(8)32(38(30)45)12-13-34-42(7)18-17-35(41(5,6)33(42)16-19-44(34,43)9)52-37(49)26-40(3,4)25-36(47)48/h10-11,24,30,32-35,38H,1,12-13,15-19,21-23,25-26H2,2-9H3,(H,47,48)(H,50,51)/t30-,32?,33?,34?,35-,38?,42-,43+,44+,45+/m0/s1. The first-order valence-electron chi connectivity index (χ1n) is 19.7. The van der Waals surface area contributed by atoms with Gasteiger partial charge in [0, 0.05) is 16.4 Å². The molecule has 5 saturated carbocycles. The number of hydrogen-bond donors (Lipinski definition) is 2. The Kier molecular flexibility index (Phi) is 9.66. The predicted octanol–water partition coefficient (Wildman–Crippen LogP) is 10.3. The van der Waals surface area contributed by atoms with Crippen LogP contribution in [0.15, 0.2) is 30.4 Å². The van der Waals surface area contributed by atoms with E-state index < -0.39 is 23.2 Å². The van der Waals surface area contributed by atoms with Crippen LogP contribution in [0.4, 0.5) is 4.39 Å². The molecule has 0 bridgehead atoms. The Labute approximate surface area is 310 Å². The predicted molar refractivity (Wildman–Crippen MR) is 200 cm³/mol. The van der Waals surface area contributed by atoms with Crippen molar-refractivity contribution < 1.29 is 33.7 Å². The van der Waals surface area contributed by atoms with Crippen molar-refractivity contribution in [2.75, 3.05) is 0 Å². The maximum absolute atomic E-state index is 14.3. The van der Waals surface area contributed by atoms with Crippen molar-refractivity contribution in [1.29, 1.82) is 0 Å². The van der Waals surface area contributed by atoms with Crippen LogP contribution in [0, 0.1) is 79.7 Å². The fourth-order valence-corrected chi connectivity index (χ4v) is 13.6. The second-order valence-corrected chi connectivity index (χ2v) is 19.8. The number of aliphatic carboxylic acids is 1. The largest absolute Gasteiger partial charge is 0.481 e. The molecule has 0 amide bonds. The fraction of sp³-hybridized carbons (Fsp3) is 0.711. The van der Waals surface area contributed by atoms with Crippen LogP contribution in [-0.2, 0) is 14.3 Å². The number of carbonyl (C=O) groups excluding carboxylic acids is 1. The lowest BCUT2D eigenvalue weighted by molar-refractivity contribution is -0.247. The molecule has 284 valence electrons. The molecule has 1 aromatic rings. The highest BCUT2D eigenvalue weighted by atomic mass is 19.1. The number of allylic oxidation sites excluding steroid dienone is 1. The zero-order valence-electron chi connectivity index (χ0n) is 32.8. The maximum atomic E-state index is 14.3. The Bertz CT molecular complexity index is 1710. The van der Waals surface area contributed by atoms with Crippen LogP contribution in [-0.4, -0.2) is 34.2 Å². The number of carbonyl (C=O) groups is 3. The number of esters is 1. The molecule has 7 heteroatoms. The molecule has 0 saturated heterocycles. The summed E-state index contributed by atoms with van der Waals surface area (Å²) in [6.45, 7) is 22.6. The van der Waals surface area contributed by atoms with Crippen molar-refractivity contribution in [2.45, 2.75) is 139 Å². The quantitative estimate of drug-likeness (QED) is 0.166. The van der Waals surface area contributed by atoms with Crippen molar-refractivity contribution in [3.8, 4) is 11.8 Å². The molecule has 0 aliphatic heterocycles. The summed E-state index contributed by atoms with van der Waals surface area (Å²) in [5, 5.41) is 19.2. The third-order valence-electron chi connectivity index (χ3n) is 16.2. The summed E-state index contributed by atoms with van der Waals surface area (Å²) >= 11 is 0. The van der Waals surface area contributed by atoms with E-state index in [-0.39, 0.29) is 63.1 Å². The van der Waals surface area contributed by atoms with E-state index in [1.165, 1.54) is 23.8 Å². The van der Waals surface area contributed by atoms with Gasteiger partial charge >= 0.3 is 17.9 Å². The van der Waals surface area contributed by atoms with Crippen LogP contribution in [0.2, 0.25) is 0 Å². The molecule has 6 rings (SSSR count). The smallest absolute Gasteiger partial charge is 0.336 e. The van der Waals surface area contributed by atoms with Gasteiger partial charge in [0.1, 0.15) is 11.9 Å². The van der Waals surface area contributed by atoms with Crippen molar-refractivity contribution in [3.63, 3.8) is 0 Å². The van der Waals surface area contributed by atoms with Crippen molar-refractivity contribution in [1.82, 2.24) is 0 Å². The summed E-state index contributed by atoms with van der Waals surface area (Å²) < 4.78 is 20.6. The molecule has 5 aliphatic carbocycles. The number of carboxylic acids is 2. The van der Waals surface area contributed by atoms with Gasteiger partial charge in [-0.05, 0) is 141 Å². The van der Waals surface area contributed by atoms with Crippen LogP contribution < -0.4 is 0 Å². The van der Waals surface area contributed by atoms with Gasteiger partial charge < -0.3 is 14.9 Å². The Morgan fingerprint density at radius 3 is 2.27 bits per heavy atom. The maximum Gasteiger partial charge on any atom is 0.336 e. The zero-order valence-corrected chi connectivity index (χ0v) is 32.8. The molecule has 0 aromatic heterocycles. The Balaban J connectivity index is 1.28. The van der Waals surface area contributed by atoms with E-state index in [9.17, 15) is 29.0 Å². The van der Waals surface area contributed by atoms with E-state index >= 15 is 0 Å². The normalized spacial score (nSPS) is 39.0. The number of halogens is 1. The third-order valence-corrected chi connectivity index (χ3v) is 16.2. The van der Waals surface area contributed by atoms with Crippen LogP contribution in [0.3, 0.4) is 0 Å². The summed E-state index contributed by atoms with van der Waals surface area (Å²) in [5.74, 6) is 6.17. The van der Waals surface area contributed by atoms with Crippen molar-refractivity contribution in [2.24, 2.45) is 62.1 Å². The van der Waals surface area contributed by atoms with Crippen LogP contribution in [0.25, 0.3) is 0 Å². The lowest BCUT2D eigenvalue weighted by atomic mass is 9.32. The second kappa shape index (κ2) is 13.0. The van der Waals surface area contributed by atoms with Gasteiger partial charge in [-0.25, -0.2) is 9.18 Å². The molecule has 52 heavy (non-hydrogen) atoms. The highest BCUT2D eigenvalue weighted by Gasteiger charge is 2.71. The fourth-order valence-electron chi connectivity index (χ4n) is 13.6. The van der Waals surface area contributed by atoms with Crippen molar-refractivity contribution >= 4 is 17.9 Å². The topological polar surface area (TPSA) is 101 Å². The van der Waals surface area contributed by atoms with Crippen molar-refractivity contribution in [3.05, 3.63) is 47.3 Å². The Hall–Kier alpha value is -3.14. The summed E-state index contributed by atoms with van der Waals surface area (Å²) in [6.07, 6.45) is 10.1. The lowest BCUT2D eigenvalue weighted by Crippen LogP contribution is -2.66. The molecule has 4 unspecified atom stereocenters. The second-order valence-electron chi connectivity index (χ2n) is 19.8. The zero-order chi connectivity index (χ0) is 38.2. The summed E-state index contributed by atoms with van der Waals surface area (Å²) in [6, 6.07) is 3.78. The van der Waals surface area contributed by atoms with E-state index in [0.717, 1.165) is 64.2 Å². The van der Waals surface area contributed by atoms with E-state index in [1.54, 1.807) is 0 Å². The minimum atomic E-state index is -1.09. The molecule has 10 atom stereocenters. The Morgan fingerprint density at radius 1 is 0.904 bits per heavy atom. The van der Waals surface area contributed by atoms with E-state index in [0.29, 0.717) is 29.6 Å². The number of ether oxygens (including phenoxy) is 1. The van der Waals surface area contributed by atoms with Gasteiger partial charge in [0.15, 0.2) is 0 Å². The van der Waals surface area contributed by atoms with Crippen LogP contribution in [0.1, 0.15) is 148 Å². The molecule has 0 spiro atoms. The van der Waals surface area contributed by atoms with Crippen LogP contribution >= 0.6 is 0 Å². The molecule has 1 aromatic carbocycles. The summed E-state index contributed by atoms with van der Waals surface area (Å²) in [4.78, 5) is 36.6. The first-order chi connectivity index (χ1) is 24.1. The minimum absolute atomic E-state index is 0.0457. The number of fused-ring (bicyclic) bond motifs is 7. The molecule has 2 N–H and O–H groups in total. The number of aromatic carboxylic acids is 1. The third kappa shape index (κ3) is 6.12. The highest BCUT2D eigenvalue weighted by molar-refractivity contribution is 5.90. The van der Waals surface area contributed by atoms with Gasteiger partial charge in [0.25, 0.3) is 0 Å². The molecule has 5 aliphatic rings. The van der Waals surface area contributed by atoms with E-state index in [2.05, 4.69) is 60.0 Å². The molecule has 5 fully saturated rings. The molecular formula is C45H61FO6. The van der Waals surface area contributed by atoms with Gasteiger partial charge in [0.05, 0.1) is 18.4 Å². The number of benzene rings is 1. The first kappa shape index (κ1) is 38.6. The van der Waals surface area contributed by atoms with Gasteiger partial charge in [-0.1, -0.05) is 72.5 Å². The number of hydrogen-bond acceptors (Lipinski definition) is 4. The number of carboxylic acid groups (broad SMARTS) is 2. The highest BCUT2D eigenvalue weighted by Crippen LogP contribution is 2.77. The summed E-state index contributed by atoms with van der Waals surface area (Å²) in [5.41, 5.74) is 0.670. The van der Waals surface area contributed by atoms with Crippen LogP contribution in [0.5, 0.6) is 0 Å². The number of rotatable bonds is 7. The summed E-state index contributed by atoms with van der Waals surface area (Å²) in [7, 11) is 0. The van der Waals surface area contributed by atoms with Gasteiger partial charge in [-0.2, -0.15) is 0 Å².